The van der Waals surface area contributed by atoms with E-state index in [-0.39, 0.29) is 23.9 Å². The first-order valence-corrected chi connectivity index (χ1v) is 11.2. The number of hydrogen-bond acceptors (Lipinski definition) is 6. The van der Waals surface area contributed by atoms with E-state index in [2.05, 4.69) is 23.5 Å². The van der Waals surface area contributed by atoms with E-state index < -0.39 is 10.0 Å². The van der Waals surface area contributed by atoms with Crippen LogP contribution in [0.5, 0.6) is 5.75 Å². The van der Waals surface area contributed by atoms with Crippen molar-refractivity contribution in [3.8, 4) is 5.75 Å². The smallest absolute Gasteiger partial charge is 0.257 e. The average molecular weight is 444 g/mol. The van der Waals surface area contributed by atoms with Crippen LogP contribution in [0, 0.1) is 0 Å². The zero-order valence-electron chi connectivity index (χ0n) is 16.4. The third-order valence-electron chi connectivity index (χ3n) is 4.24. The number of carbonyl (C=O) groups is 1. The Bertz CT molecular complexity index is 1170. The Morgan fingerprint density at radius 3 is 2.43 bits per heavy atom. The first-order chi connectivity index (χ1) is 14.4. The van der Waals surface area contributed by atoms with Crippen LogP contribution in [-0.2, 0) is 10.0 Å². The van der Waals surface area contributed by atoms with Crippen molar-refractivity contribution < 1.29 is 17.9 Å². The summed E-state index contributed by atoms with van der Waals surface area (Å²) in [4.78, 5) is 17.0. The summed E-state index contributed by atoms with van der Waals surface area (Å²) in [5, 5.41) is 3.13. The standard InChI is InChI=1S/C21H21N3O4S2/c1-4-12-24(13-5-2)30(26,27)17-10-11-18-19(14-17)29-21(22-18)23-20(25)15-6-8-16(28-3)9-7-15/h4-11,14H,1-2,12-13H2,3H3,(H,22,23,25). The number of thiazole rings is 1. The SMILES string of the molecule is C=CCN(CC=C)S(=O)(=O)c1ccc2nc(NC(=O)c3ccc(OC)cc3)sc2c1. The van der Waals surface area contributed by atoms with Gasteiger partial charge in [0.2, 0.25) is 10.0 Å². The van der Waals surface area contributed by atoms with E-state index in [0.29, 0.717) is 26.7 Å². The van der Waals surface area contributed by atoms with Gasteiger partial charge in [0.1, 0.15) is 5.75 Å². The molecule has 0 unspecified atom stereocenters. The Hall–Kier alpha value is -3.01. The van der Waals surface area contributed by atoms with Crippen LogP contribution in [0.4, 0.5) is 5.13 Å². The van der Waals surface area contributed by atoms with Gasteiger partial charge >= 0.3 is 0 Å². The fraction of sp³-hybridized carbons (Fsp3) is 0.143. The van der Waals surface area contributed by atoms with Gasteiger partial charge in [-0.05, 0) is 42.5 Å². The highest BCUT2D eigenvalue weighted by Crippen LogP contribution is 2.29. The number of fused-ring (bicyclic) bond motifs is 1. The van der Waals surface area contributed by atoms with Crippen LogP contribution in [0.1, 0.15) is 10.4 Å². The maximum atomic E-state index is 12.9. The molecule has 0 spiro atoms. The van der Waals surface area contributed by atoms with Crippen molar-refractivity contribution in [3.63, 3.8) is 0 Å². The summed E-state index contributed by atoms with van der Waals surface area (Å²) in [6.45, 7) is 7.58. The second-order valence-corrected chi connectivity index (χ2v) is 9.20. The monoisotopic (exact) mass is 443 g/mol. The van der Waals surface area contributed by atoms with E-state index in [1.165, 1.54) is 33.9 Å². The van der Waals surface area contributed by atoms with Gasteiger partial charge in [-0.3, -0.25) is 10.1 Å². The van der Waals surface area contributed by atoms with Gasteiger partial charge in [0.25, 0.3) is 5.91 Å². The lowest BCUT2D eigenvalue weighted by atomic mass is 10.2. The van der Waals surface area contributed by atoms with Crippen molar-refractivity contribution in [2.45, 2.75) is 4.90 Å². The average Bonchev–Trinajstić information content (AvgIpc) is 3.15. The molecule has 7 nitrogen and oxygen atoms in total. The number of nitrogens with one attached hydrogen (secondary N) is 1. The molecule has 0 aliphatic heterocycles. The summed E-state index contributed by atoms with van der Waals surface area (Å²) in [7, 11) is -2.16. The van der Waals surface area contributed by atoms with Crippen molar-refractivity contribution in [3.05, 3.63) is 73.3 Å². The number of aromatic nitrogens is 1. The molecule has 0 aliphatic carbocycles. The lowest BCUT2D eigenvalue weighted by Gasteiger charge is -2.18. The van der Waals surface area contributed by atoms with Crippen molar-refractivity contribution in [2.24, 2.45) is 0 Å². The largest absolute Gasteiger partial charge is 0.497 e. The molecule has 3 rings (SSSR count). The molecule has 0 fully saturated rings. The van der Waals surface area contributed by atoms with Crippen LogP contribution in [0.3, 0.4) is 0 Å². The van der Waals surface area contributed by atoms with Crippen LogP contribution in [0.25, 0.3) is 10.2 Å². The summed E-state index contributed by atoms with van der Waals surface area (Å²) < 4.78 is 32.8. The Kier molecular flexibility index (Phi) is 6.66. The van der Waals surface area contributed by atoms with Crippen LogP contribution >= 0.6 is 11.3 Å². The lowest BCUT2D eigenvalue weighted by molar-refractivity contribution is 0.102. The lowest BCUT2D eigenvalue weighted by Crippen LogP contribution is -2.31. The number of rotatable bonds is 9. The summed E-state index contributed by atoms with van der Waals surface area (Å²) in [6, 6.07) is 11.4. The highest BCUT2D eigenvalue weighted by molar-refractivity contribution is 7.89. The summed E-state index contributed by atoms with van der Waals surface area (Å²) in [6.07, 6.45) is 3.05. The van der Waals surface area contributed by atoms with Gasteiger partial charge in [0.15, 0.2) is 5.13 Å². The summed E-state index contributed by atoms with van der Waals surface area (Å²) in [5.41, 5.74) is 1.06. The number of ether oxygens (including phenoxy) is 1. The van der Waals surface area contributed by atoms with E-state index in [9.17, 15) is 13.2 Å². The van der Waals surface area contributed by atoms with Crippen molar-refractivity contribution in [2.75, 3.05) is 25.5 Å². The maximum Gasteiger partial charge on any atom is 0.257 e. The Balaban J connectivity index is 1.85. The number of sulfonamides is 1. The number of benzene rings is 2. The third kappa shape index (κ3) is 4.59. The molecule has 0 aliphatic rings. The molecule has 9 heteroatoms. The number of carbonyl (C=O) groups excluding carboxylic acids is 1. The predicted octanol–water partition coefficient (Wildman–Crippen LogP) is 3.92. The quantitative estimate of drug-likeness (QED) is 0.507. The Labute approximate surface area is 179 Å². The molecule has 0 bridgehead atoms. The summed E-state index contributed by atoms with van der Waals surface area (Å²) in [5.74, 6) is 0.343. The number of hydrogen-bond donors (Lipinski definition) is 1. The van der Waals surface area contributed by atoms with Crippen LogP contribution < -0.4 is 10.1 Å². The highest BCUT2D eigenvalue weighted by Gasteiger charge is 2.23. The fourth-order valence-electron chi connectivity index (χ4n) is 2.74. The zero-order chi connectivity index (χ0) is 21.7. The van der Waals surface area contributed by atoms with E-state index in [1.807, 2.05) is 0 Å². The first kappa shape index (κ1) is 21.7. The number of nitrogens with zero attached hydrogens (tertiary/aromatic N) is 2. The Morgan fingerprint density at radius 2 is 1.83 bits per heavy atom. The highest BCUT2D eigenvalue weighted by atomic mass is 32.2. The van der Waals surface area contributed by atoms with Crippen LogP contribution in [-0.4, -0.2) is 43.8 Å². The predicted molar refractivity (Wildman–Crippen MR) is 120 cm³/mol. The van der Waals surface area contributed by atoms with Gasteiger partial charge < -0.3 is 4.74 Å². The van der Waals surface area contributed by atoms with E-state index in [0.717, 1.165) is 0 Å². The molecule has 1 amide bonds. The molecular formula is C21H21N3O4S2. The second kappa shape index (κ2) is 9.21. The second-order valence-electron chi connectivity index (χ2n) is 6.23. The molecule has 0 saturated carbocycles. The minimum Gasteiger partial charge on any atom is -0.497 e. The van der Waals surface area contributed by atoms with E-state index >= 15 is 0 Å². The van der Waals surface area contributed by atoms with Gasteiger partial charge in [0.05, 0.1) is 22.2 Å². The molecule has 2 aromatic carbocycles. The van der Waals surface area contributed by atoms with Crippen LogP contribution in [0.15, 0.2) is 72.7 Å². The van der Waals surface area contributed by atoms with Gasteiger partial charge in [-0.25, -0.2) is 13.4 Å². The maximum absolute atomic E-state index is 12.9. The van der Waals surface area contributed by atoms with Gasteiger partial charge in [-0.1, -0.05) is 23.5 Å². The molecular weight excluding hydrogens is 422 g/mol. The van der Waals surface area contributed by atoms with E-state index in [4.69, 9.17) is 4.74 Å². The molecule has 156 valence electrons. The minimum atomic E-state index is -3.71. The molecule has 1 aromatic heterocycles. The Morgan fingerprint density at radius 1 is 1.17 bits per heavy atom. The van der Waals surface area contributed by atoms with Crippen molar-refractivity contribution >= 4 is 42.6 Å². The molecule has 3 aromatic rings. The molecule has 30 heavy (non-hydrogen) atoms. The van der Waals surface area contributed by atoms with E-state index in [1.54, 1.807) is 43.5 Å². The number of amides is 1. The molecule has 1 heterocycles. The normalized spacial score (nSPS) is 11.4. The third-order valence-corrected chi connectivity index (χ3v) is 7.00. The van der Waals surface area contributed by atoms with Gasteiger partial charge in [0, 0.05) is 18.7 Å². The molecule has 0 saturated heterocycles. The molecule has 1 N–H and O–H groups in total. The summed E-state index contributed by atoms with van der Waals surface area (Å²) >= 11 is 1.21. The van der Waals surface area contributed by atoms with Gasteiger partial charge in [-0.15, -0.1) is 13.2 Å². The van der Waals surface area contributed by atoms with Crippen molar-refractivity contribution in [1.82, 2.24) is 9.29 Å². The minimum absolute atomic E-state index is 0.149. The fourth-order valence-corrected chi connectivity index (χ4v) is 5.12. The van der Waals surface area contributed by atoms with Gasteiger partial charge in [-0.2, -0.15) is 4.31 Å². The first-order valence-electron chi connectivity index (χ1n) is 8.97. The topological polar surface area (TPSA) is 88.6 Å². The number of methoxy groups -OCH3 is 1. The zero-order valence-corrected chi connectivity index (χ0v) is 18.0. The van der Waals surface area contributed by atoms with Crippen molar-refractivity contribution in [1.29, 1.82) is 0 Å². The molecule has 0 radical (unpaired) electrons. The molecule has 0 atom stereocenters. The number of anilines is 1. The van der Waals surface area contributed by atoms with Crippen LogP contribution in [0.2, 0.25) is 0 Å².